The number of aliphatic hydroxyl groups is 1. The molecule has 6 nitrogen and oxygen atoms in total. The normalized spacial score (nSPS) is 47.4. The Hall–Kier alpha value is -1.14. The van der Waals surface area contributed by atoms with Gasteiger partial charge in [-0.1, -0.05) is 62.3 Å². The highest BCUT2D eigenvalue weighted by atomic mass is 16.6. The summed E-state index contributed by atoms with van der Waals surface area (Å²) in [4.78, 5) is 24.9. The Labute approximate surface area is 268 Å². The summed E-state index contributed by atoms with van der Waals surface area (Å²) in [5, 5.41) is 11.1. The van der Waals surface area contributed by atoms with Gasteiger partial charge in [0.1, 0.15) is 6.10 Å². The van der Waals surface area contributed by atoms with Gasteiger partial charge in [-0.05, 0) is 117 Å². The van der Waals surface area contributed by atoms with Crippen LogP contribution in [0, 0.1) is 69.5 Å². The van der Waals surface area contributed by atoms with Crippen LogP contribution in [0.25, 0.3) is 0 Å². The van der Waals surface area contributed by atoms with Crippen molar-refractivity contribution in [3.63, 3.8) is 0 Å². The quantitative estimate of drug-likeness (QED) is 0.317. The molecule has 6 heteroatoms. The van der Waals surface area contributed by atoms with Gasteiger partial charge in [-0.2, -0.15) is 0 Å². The molecule has 1 heterocycles. The van der Waals surface area contributed by atoms with E-state index in [1.54, 1.807) is 13.8 Å². The van der Waals surface area contributed by atoms with Crippen LogP contribution in [0.5, 0.6) is 0 Å². The Balaban J connectivity index is 1.46. The first-order valence-corrected chi connectivity index (χ1v) is 18.1. The van der Waals surface area contributed by atoms with Gasteiger partial charge in [0, 0.05) is 12.3 Å². The average molecular weight is 617 g/mol. The van der Waals surface area contributed by atoms with Crippen molar-refractivity contribution >= 4 is 11.9 Å². The standard InChI is InChI=1S/C38H64O6/c1-20(2)34(40)44-30-14-13-29-37-17-15-21(3)31-22(4)19-28(33(36(11,12)41)42-26(8)39)43-32(31)24(6)23(5)27(37)16-18-38(29,25(37)7)35(30,9)10/h20-25,27-33,41H,13-19H2,1-12H3. The zero-order chi connectivity index (χ0) is 32.7. The minimum absolute atomic E-state index is 0.00778. The first-order chi connectivity index (χ1) is 20.3. The third kappa shape index (κ3) is 4.92. The second-order valence-corrected chi connectivity index (χ2v) is 17.8. The number of carbonyl (C=O) groups excluding carboxylic acids is 2. The molecule has 0 radical (unpaired) electrons. The smallest absolute Gasteiger partial charge is 0.308 e. The van der Waals surface area contributed by atoms with Gasteiger partial charge in [0.15, 0.2) is 6.10 Å². The Bertz CT molecular complexity index is 1090. The predicted octanol–water partition coefficient (Wildman–Crippen LogP) is 7.84. The molecule has 14 unspecified atom stereocenters. The van der Waals surface area contributed by atoms with Crippen LogP contribution in [0.4, 0.5) is 0 Å². The molecule has 14 atom stereocenters. The van der Waals surface area contributed by atoms with E-state index in [9.17, 15) is 14.7 Å². The summed E-state index contributed by atoms with van der Waals surface area (Å²) in [5.41, 5.74) is -0.699. The van der Waals surface area contributed by atoms with E-state index in [0.717, 1.165) is 19.3 Å². The molecular weight excluding hydrogens is 552 g/mol. The molecule has 0 aromatic carbocycles. The molecule has 0 aromatic rings. The maximum absolute atomic E-state index is 12.8. The van der Waals surface area contributed by atoms with Crippen LogP contribution in [0.2, 0.25) is 0 Å². The zero-order valence-corrected chi connectivity index (χ0v) is 29.9. The summed E-state index contributed by atoms with van der Waals surface area (Å²) in [6, 6.07) is 0. The van der Waals surface area contributed by atoms with Crippen molar-refractivity contribution in [2.75, 3.05) is 0 Å². The van der Waals surface area contributed by atoms with Crippen LogP contribution in [0.3, 0.4) is 0 Å². The molecule has 0 aromatic heterocycles. The van der Waals surface area contributed by atoms with Gasteiger partial charge < -0.3 is 19.3 Å². The minimum Gasteiger partial charge on any atom is -0.462 e. The van der Waals surface area contributed by atoms with Crippen LogP contribution < -0.4 is 0 Å². The van der Waals surface area contributed by atoms with E-state index in [2.05, 4.69) is 48.5 Å². The molecule has 5 aliphatic carbocycles. The third-order valence-corrected chi connectivity index (χ3v) is 14.8. The minimum atomic E-state index is -1.19. The van der Waals surface area contributed by atoms with Crippen molar-refractivity contribution in [1.82, 2.24) is 0 Å². The lowest BCUT2D eigenvalue weighted by atomic mass is 9.23. The molecule has 1 N–H and O–H groups in total. The Morgan fingerprint density at radius 3 is 2.18 bits per heavy atom. The number of carbonyl (C=O) groups is 2. The molecule has 1 saturated heterocycles. The largest absolute Gasteiger partial charge is 0.462 e. The molecule has 0 amide bonds. The fourth-order valence-corrected chi connectivity index (χ4v) is 12.7. The van der Waals surface area contributed by atoms with Gasteiger partial charge in [0.05, 0.1) is 23.7 Å². The van der Waals surface area contributed by atoms with Gasteiger partial charge in [0.2, 0.25) is 0 Å². The summed E-state index contributed by atoms with van der Waals surface area (Å²) in [6.45, 7) is 25.9. The van der Waals surface area contributed by atoms with Crippen molar-refractivity contribution in [3.8, 4) is 0 Å². The van der Waals surface area contributed by atoms with E-state index in [-0.39, 0.29) is 47.0 Å². The summed E-state index contributed by atoms with van der Waals surface area (Å²) < 4.78 is 19.1. The SMILES string of the molecule is CC(=O)OC(C1CC(C)C2C(C)CCC34C(CCC5(C3C)C4CCC(OC(=O)C(C)C)C5(C)C)C(C)C(C)C2O1)C(C)(C)O. The zero-order valence-electron chi connectivity index (χ0n) is 29.9. The predicted molar refractivity (Wildman–Crippen MR) is 172 cm³/mol. The van der Waals surface area contributed by atoms with Gasteiger partial charge >= 0.3 is 11.9 Å². The van der Waals surface area contributed by atoms with Crippen LogP contribution in [-0.4, -0.2) is 47.1 Å². The summed E-state index contributed by atoms with van der Waals surface area (Å²) >= 11 is 0. The van der Waals surface area contributed by atoms with Crippen LogP contribution in [0.1, 0.15) is 128 Å². The van der Waals surface area contributed by atoms with Gasteiger partial charge in [0.25, 0.3) is 0 Å². The second kappa shape index (κ2) is 11.5. The summed E-state index contributed by atoms with van der Waals surface area (Å²) in [5.74, 6) is 3.58. The molecule has 6 aliphatic rings. The van der Waals surface area contributed by atoms with E-state index in [4.69, 9.17) is 14.2 Å². The molecule has 6 rings (SSSR count). The van der Waals surface area contributed by atoms with Crippen molar-refractivity contribution in [3.05, 3.63) is 0 Å². The lowest BCUT2D eigenvalue weighted by Gasteiger charge is -2.82. The molecule has 1 aliphatic heterocycles. The van der Waals surface area contributed by atoms with Crippen molar-refractivity contribution in [1.29, 1.82) is 0 Å². The molecule has 6 fully saturated rings. The van der Waals surface area contributed by atoms with Gasteiger partial charge in [-0.15, -0.1) is 0 Å². The second-order valence-electron chi connectivity index (χ2n) is 17.8. The Kier molecular flexibility index (Phi) is 8.96. The number of fused-ring (bicyclic) bond motifs is 2. The summed E-state index contributed by atoms with van der Waals surface area (Å²) in [7, 11) is 0. The fraction of sp³-hybridized carbons (Fsp3) is 0.947. The van der Waals surface area contributed by atoms with E-state index >= 15 is 0 Å². The summed E-state index contributed by atoms with van der Waals surface area (Å²) in [6.07, 6.45) is 6.88. The van der Waals surface area contributed by atoms with Gasteiger partial charge in [-0.3, -0.25) is 9.59 Å². The van der Waals surface area contributed by atoms with E-state index in [1.165, 1.54) is 32.6 Å². The van der Waals surface area contributed by atoms with E-state index < -0.39 is 11.7 Å². The molecule has 44 heavy (non-hydrogen) atoms. The van der Waals surface area contributed by atoms with Crippen LogP contribution >= 0.6 is 0 Å². The average Bonchev–Trinajstić information content (AvgIpc) is 2.96. The van der Waals surface area contributed by atoms with Gasteiger partial charge in [-0.25, -0.2) is 0 Å². The fourth-order valence-electron chi connectivity index (χ4n) is 12.7. The molecular formula is C38H64O6. The highest BCUT2D eigenvalue weighted by molar-refractivity contribution is 5.71. The lowest BCUT2D eigenvalue weighted by Crippen LogP contribution is -2.78. The Morgan fingerprint density at radius 2 is 1.59 bits per heavy atom. The molecule has 252 valence electrons. The van der Waals surface area contributed by atoms with Crippen LogP contribution in [-0.2, 0) is 23.8 Å². The van der Waals surface area contributed by atoms with Crippen molar-refractivity contribution in [2.24, 2.45) is 69.5 Å². The highest BCUT2D eigenvalue weighted by Gasteiger charge is 2.79. The number of hydrogen-bond donors (Lipinski definition) is 1. The van der Waals surface area contributed by atoms with Crippen molar-refractivity contribution in [2.45, 2.75) is 158 Å². The first-order valence-electron chi connectivity index (χ1n) is 18.1. The number of rotatable bonds is 5. The molecule has 2 bridgehead atoms. The Morgan fingerprint density at radius 1 is 0.932 bits per heavy atom. The third-order valence-electron chi connectivity index (χ3n) is 14.8. The monoisotopic (exact) mass is 616 g/mol. The molecule has 5 saturated carbocycles. The topological polar surface area (TPSA) is 82.1 Å². The lowest BCUT2D eigenvalue weighted by molar-refractivity contribution is -0.352. The maximum Gasteiger partial charge on any atom is 0.308 e. The van der Waals surface area contributed by atoms with Crippen LogP contribution in [0.15, 0.2) is 0 Å². The highest BCUT2D eigenvalue weighted by Crippen LogP contribution is 2.83. The first kappa shape index (κ1) is 34.2. The number of hydrogen-bond acceptors (Lipinski definition) is 6. The molecule has 2 spiro atoms. The van der Waals surface area contributed by atoms with Crippen molar-refractivity contribution < 1.29 is 28.9 Å². The number of esters is 2. The number of ether oxygens (including phenoxy) is 3. The maximum atomic E-state index is 12.8. The van der Waals surface area contributed by atoms with E-state index in [1.807, 2.05) is 13.8 Å². The van der Waals surface area contributed by atoms with E-state index in [0.29, 0.717) is 52.8 Å².